The predicted octanol–water partition coefficient (Wildman–Crippen LogP) is 0.743. The van der Waals surface area contributed by atoms with E-state index in [9.17, 15) is 9.90 Å². The summed E-state index contributed by atoms with van der Waals surface area (Å²) in [5.74, 6) is -1.68. The van der Waals surface area contributed by atoms with Gasteiger partial charge >= 0.3 is 5.97 Å². The third-order valence-corrected chi connectivity index (χ3v) is 4.36. The molecule has 2 heterocycles. The highest BCUT2D eigenvalue weighted by atomic mass is 16.7. The first kappa shape index (κ1) is 14.8. The third-order valence-electron chi connectivity index (χ3n) is 4.36. The van der Waals surface area contributed by atoms with Crippen LogP contribution >= 0.6 is 0 Å². The number of esters is 1. The summed E-state index contributed by atoms with van der Waals surface area (Å²) in [4.78, 5) is 11.9. The lowest BCUT2D eigenvalue weighted by Gasteiger charge is -2.24. The fraction of sp³-hybridized carbons (Fsp3) is 0.786. The van der Waals surface area contributed by atoms with E-state index < -0.39 is 18.0 Å². The molecule has 0 aromatic heterocycles. The quantitative estimate of drug-likeness (QED) is 0.467. The molecule has 0 aromatic carbocycles. The Kier molecular flexibility index (Phi) is 4.17. The van der Waals surface area contributed by atoms with E-state index in [0.29, 0.717) is 39.3 Å². The molecule has 3 aliphatic rings. The van der Waals surface area contributed by atoms with Gasteiger partial charge in [0, 0.05) is 24.7 Å². The number of aliphatic hydroxyl groups excluding tert-OH is 1. The van der Waals surface area contributed by atoms with Crippen molar-refractivity contribution in [3.05, 3.63) is 11.8 Å². The van der Waals surface area contributed by atoms with E-state index in [1.54, 1.807) is 0 Å². The maximum absolute atomic E-state index is 11.9. The molecular formula is C14H20O7. The summed E-state index contributed by atoms with van der Waals surface area (Å²) < 4.78 is 27.4. The van der Waals surface area contributed by atoms with E-state index in [1.165, 1.54) is 7.11 Å². The molecule has 3 fully saturated rings. The van der Waals surface area contributed by atoms with E-state index in [-0.39, 0.29) is 17.4 Å². The highest BCUT2D eigenvalue weighted by Crippen LogP contribution is 2.50. The van der Waals surface area contributed by atoms with Crippen molar-refractivity contribution in [3.63, 3.8) is 0 Å². The van der Waals surface area contributed by atoms with Gasteiger partial charge in [-0.25, -0.2) is 4.79 Å². The Hall–Kier alpha value is -1.15. The monoisotopic (exact) mass is 300 g/mol. The van der Waals surface area contributed by atoms with Gasteiger partial charge in [-0.2, -0.15) is 0 Å². The van der Waals surface area contributed by atoms with Gasteiger partial charge in [-0.3, -0.25) is 0 Å². The minimum atomic E-state index is -0.715. The van der Waals surface area contributed by atoms with Crippen LogP contribution in [0.25, 0.3) is 0 Å². The second kappa shape index (κ2) is 5.92. The summed E-state index contributed by atoms with van der Waals surface area (Å²) in [6.45, 7) is 2.11. The van der Waals surface area contributed by atoms with Gasteiger partial charge in [-0.05, 0) is 0 Å². The van der Waals surface area contributed by atoms with Crippen LogP contribution in [-0.2, 0) is 28.5 Å². The number of hydrogen-bond donors (Lipinski definition) is 1. The number of carbonyl (C=O) groups excluding carboxylic acids is 1. The van der Waals surface area contributed by atoms with Crippen molar-refractivity contribution in [2.24, 2.45) is 11.8 Å². The first-order valence-electron chi connectivity index (χ1n) is 7.13. The molecule has 21 heavy (non-hydrogen) atoms. The van der Waals surface area contributed by atoms with Crippen molar-refractivity contribution in [2.75, 3.05) is 33.5 Å². The van der Waals surface area contributed by atoms with Crippen LogP contribution in [0.5, 0.6) is 0 Å². The van der Waals surface area contributed by atoms with E-state index in [1.807, 2.05) is 0 Å². The SMILES string of the molecule is COC(=O)/C(=C/O)[C@H]1CC2(C[C@H]1C1OCCO1)OCCO2. The maximum Gasteiger partial charge on any atom is 0.337 e. The standard InChI is InChI=1S/C14H20O7/c1-17-12(16)11(8-15)9-6-14(20-4-5-21-14)7-10(9)13-18-2-3-19-13/h8-10,13,15H,2-7H2,1H3/b11-8+/t9-,10+/m0/s1. The van der Waals surface area contributed by atoms with Crippen LogP contribution in [0, 0.1) is 11.8 Å². The molecule has 1 aliphatic carbocycles. The van der Waals surface area contributed by atoms with Gasteiger partial charge in [0.25, 0.3) is 0 Å². The van der Waals surface area contributed by atoms with Crippen molar-refractivity contribution in [3.8, 4) is 0 Å². The highest BCUT2D eigenvalue weighted by Gasteiger charge is 2.55. The van der Waals surface area contributed by atoms with E-state index >= 15 is 0 Å². The molecule has 7 heteroatoms. The van der Waals surface area contributed by atoms with Crippen LogP contribution < -0.4 is 0 Å². The van der Waals surface area contributed by atoms with Crippen LogP contribution in [0.1, 0.15) is 12.8 Å². The fourth-order valence-electron chi connectivity index (χ4n) is 3.47. The summed E-state index contributed by atoms with van der Waals surface area (Å²) >= 11 is 0. The highest BCUT2D eigenvalue weighted by molar-refractivity contribution is 5.88. The zero-order valence-corrected chi connectivity index (χ0v) is 11.9. The number of aliphatic hydroxyl groups is 1. The van der Waals surface area contributed by atoms with Gasteiger partial charge in [0.15, 0.2) is 12.1 Å². The molecule has 2 aliphatic heterocycles. The van der Waals surface area contributed by atoms with Crippen molar-refractivity contribution in [1.82, 2.24) is 0 Å². The summed E-state index contributed by atoms with van der Waals surface area (Å²) in [6.07, 6.45) is 1.44. The normalized spacial score (nSPS) is 32.9. The van der Waals surface area contributed by atoms with E-state index in [2.05, 4.69) is 0 Å². The van der Waals surface area contributed by atoms with Crippen molar-refractivity contribution >= 4 is 5.97 Å². The second-order valence-electron chi connectivity index (χ2n) is 5.47. The van der Waals surface area contributed by atoms with Crippen molar-refractivity contribution in [1.29, 1.82) is 0 Å². The smallest absolute Gasteiger partial charge is 0.337 e. The molecule has 0 aromatic rings. The maximum atomic E-state index is 11.9. The molecule has 0 unspecified atom stereocenters. The third kappa shape index (κ3) is 2.66. The van der Waals surface area contributed by atoms with Gasteiger partial charge in [0.2, 0.25) is 0 Å². The van der Waals surface area contributed by atoms with Crippen LogP contribution in [0.3, 0.4) is 0 Å². The second-order valence-corrected chi connectivity index (χ2v) is 5.47. The molecule has 1 spiro atoms. The Labute approximate surface area is 122 Å². The minimum absolute atomic E-state index is 0.122. The number of hydrogen-bond acceptors (Lipinski definition) is 7. The molecule has 7 nitrogen and oxygen atoms in total. The summed E-state index contributed by atoms with van der Waals surface area (Å²) in [5, 5.41) is 9.45. The number of carbonyl (C=O) groups is 1. The number of ether oxygens (including phenoxy) is 5. The van der Waals surface area contributed by atoms with Crippen LogP contribution in [0.15, 0.2) is 11.8 Å². The van der Waals surface area contributed by atoms with Crippen LogP contribution in [0.4, 0.5) is 0 Å². The van der Waals surface area contributed by atoms with Crippen LogP contribution in [-0.4, -0.2) is 56.7 Å². The van der Waals surface area contributed by atoms with Crippen molar-refractivity contribution in [2.45, 2.75) is 24.9 Å². The molecule has 3 rings (SSSR count). The Bertz CT molecular complexity index is 421. The summed E-state index contributed by atoms with van der Waals surface area (Å²) in [7, 11) is 1.29. The van der Waals surface area contributed by atoms with Gasteiger partial charge in [0.1, 0.15) is 0 Å². The molecule has 0 amide bonds. The Morgan fingerprint density at radius 3 is 2.43 bits per heavy atom. The van der Waals surface area contributed by atoms with Crippen molar-refractivity contribution < 1.29 is 33.6 Å². The van der Waals surface area contributed by atoms with Crippen LogP contribution in [0.2, 0.25) is 0 Å². The molecule has 118 valence electrons. The molecule has 1 saturated carbocycles. The molecular weight excluding hydrogens is 280 g/mol. The zero-order valence-electron chi connectivity index (χ0n) is 11.9. The van der Waals surface area contributed by atoms with E-state index in [0.717, 1.165) is 6.26 Å². The topological polar surface area (TPSA) is 83.5 Å². The number of methoxy groups -OCH3 is 1. The fourth-order valence-corrected chi connectivity index (χ4v) is 3.47. The van der Waals surface area contributed by atoms with Gasteiger partial charge in [-0.1, -0.05) is 0 Å². The zero-order chi connectivity index (χ0) is 14.9. The largest absolute Gasteiger partial charge is 0.515 e. The van der Waals surface area contributed by atoms with E-state index in [4.69, 9.17) is 23.7 Å². The lowest BCUT2D eigenvalue weighted by molar-refractivity contribution is -0.162. The first-order valence-corrected chi connectivity index (χ1v) is 7.13. The van der Waals surface area contributed by atoms with Gasteiger partial charge in [0.05, 0.1) is 45.4 Å². The average molecular weight is 300 g/mol. The molecule has 2 saturated heterocycles. The van der Waals surface area contributed by atoms with Gasteiger partial charge < -0.3 is 28.8 Å². The predicted molar refractivity (Wildman–Crippen MR) is 69.3 cm³/mol. The number of rotatable bonds is 3. The first-order chi connectivity index (χ1) is 10.2. The average Bonchev–Trinajstić information content (AvgIpc) is 3.22. The minimum Gasteiger partial charge on any atom is -0.515 e. The Balaban J connectivity index is 1.85. The summed E-state index contributed by atoms with van der Waals surface area (Å²) in [6, 6.07) is 0. The Morgan fingerprint density at radius 2 is 1.86 bits per heavy atom. The molecule has 0 radical (unpaired) electrons. The lowest BCUT2D eigenvalue weighted by atomic mass is 9.88. The molecule has 0 bridgehead atoms. The Morgan fingerprint density at radius 1 is 1.19 bits per heavy atom. The summed E-state index contributed by atoms with van der Waals surface area (Å²) in [5.41, 5.74) is 0.206. The lowest BCUT2D eigenvalue weighted by Crippen LogP contribution is -2.29. The molecule has 1 N–H and O–H groups in total. The van der Waals surface area contributed by atoms with Gasteiger partial charge in [-0.15, -0.1) is 0 Å². The molecule has 2 atom stereocenters.